The van der Waals surface area contributed by atoms with Crippen LogP contribution in [0.3, 0.4) is 0 Å². The summed E-state index contributed by atoms with van der Waals surface area (Å²) in [6.45, 7) is 6.58. The van der Waals surface area contributed by atoms with Crippen molar-refractivity contribution in [2.75, 3.05) is 56.3 Å². The third kappa shape index (κ3) is 7.14. The summed E-state index contributed by atoms with van der Waals surface area (Å²) in [5, 5.41) is 1.96. The first-order valence-corrected chi connectivity index (χ1v) is 16.0. The molecule has 3 nitrogen and oxygen atoms in total. The summed E-state index contributed by atoms with van der Waals surface area (Å²) in [6.07, 6.45) is 4.85. The molecule has 0 aliphatic carbocycles. The average molecular weight is 452 g/mol. The lowest BCUT2D eigenvalue weighted by Gasteiger charge is -2.27. The number of rotatable bonds is 13. The average Bonchev–Trinajstić information content (AvgIpc) is 2.79. The molecule has 0 heterocycles. The first kappa shape index (κ1) is 24.5. The SMILES string of the molecule is CCP(=O)(CCN(CCSC)CCP(=O)(CC)c1ccccc1)c1ccccc1. The number of benzene rings is 2. The van der Waals surface area contributed by atoms with Gasteiger partial charge >= 0.3 is 0 Å². The first-order valence-electron chi connectivity index (χ1n) is 10.5. The summed E-state index contributed by atoms with van der Waals surface area (Å²) in [5.74, 6) is 1.03. The fourth-order valence-corrected chi connectivity index (χ4v) is 8.46. The van der Waals surface area contributed by atoms with Crippen LogP contribution in [0.4, 0.5) is 0 Å². The number of thioether (sulfide) groups is 1. The molecule has 0 aromatic heterocycles. The second-order valence-corrected chi connectivity index (χ2v) is 15.1. The molecular weight excluding hydrogens is 416 g/mol. The lowest BCUT2D eigenvalue weighted by atomic mass is 10.4. The lowest BCUT2D eigenvalue weighted by Crippen LogP contribution is -2.33. The van der Waals surface area contributed by atoms with Crippen LogP contribution in [0.15, 0.2) is 60.7 Å². The van der Waals surface area contributed by atoms with Gasteiger partial charge in [-0.1, -0.05) is 74.5 Å². The summed E-state index contributed by atoms with van der Waals surface area (Å²) in [6, 6.07) is 19.8. The highest BCUT2D eigenvalue weighted by Gasteiger charge is 2.26. The molecule has 160 valence electrons. The zero-order valence-corrected chi connectivity index (χ0v) is 20.6. The molecule has 2 unspecified atom stereocenters. The van der Waals surface area contributed by atoms with Gasteiger partial charge in [-0.15, -0.1) is 0 Å². The molecule has 0 spiro atoms. The van der Waals surface area contributed by atoms with Crippen molar-refractivity contribution in [3.63, 3.8) is 0 Å². The molecule has 6 heteroatoms. The summed E-state index contributed by atoms with van der Waals surface area (Å²) in [7, 11) is -4.77. The zero-order chi connectivity index (χ0) is 21.2. The lowest BCUT2D eigenvalue weighted by molar-refractivity contribution is 0.325. The molecule has 0 fully saturated rings. The van der Waals surface area contributed by atoms with Gasteiger partial charge in [0.05, 0.1) is 0 Å². The first-order chi connectivity index (χ1) is 14.0. The van der Waals surface area contributed by atoms with Crippen LogP contribution in [0.1, 0.15) is 13.8 Å². The van der Waals surface area contributed by atoms with Crippen molar-refractivity contribution < 1.29 is 9.13 Å². The highest BCUT2D eigenvalue weighted by atomic mass is 32.2. The van der Waals surface area contributed by atoms with E-state index in [2.05, 4.69) is 11.2 Å². The minimum absolute atomic E-state index is 0.684. The van der Waals surface area contributed by atoms with E-state index in [9.17, 15) is 9.13 Å². The van der Waals surface area contributed by atoms with E-state index in [-0.39, 0.29) is 0 Å². The molecule has 0 amide bonds. The van der Waals surface area contributed by atoms with Gasteiger partial charge < -0.3 is 14.0 Å². The van der Waals surface area contributed by atoms with E-state index in [1.807, 2.05) is 86.3 Å². The predicted molar refractivity (Wildman–Crippen MR) is 133 cm³/mol. The van der Waals surface area contributed by atoms with Crippen molar-refractivity contribution >= 4 is 36.7 Å². The Labute approximate surface area is 181 Å². The van der Waals surface area contributed by atoms with Crippen LogP contribution in [0.25, 0.3) is 0 Å². The van der Waals surface area contributed by atoms with Crippen LogP contribution in [-0.4, -0.2) is 61.2 Å². The van der Waals surface area contributed by atoms with Crippen LogP contribution in [0.5, 0.6) is 0 Å². The van der Waals surface area contributed by atoms with Crippen molar-refractivity contribution in [3.8, 4) is 0 Å². The van der Waals surface area contributed by atoms with Gasteiger partial charge in [0.15, 0.2) is 0 Å². The summed E-state index contributed by atoms with van der Waals surface area (Å²) >= 11 is 1.82. The van der Waals surface area contributed by atoms with E-state index in [1.165, 1.54) is 0 Å². The van der Waals surface area contributed by atoms with Crippen molar-refractivity contribution in [2.45, 2.75) is 13.8 Å². The third-order valence-corrected chi connectivity index (χ3v) is 12.6. The van der Waals surface area contributed by atoms with Crippen LogP contribution < -0.4 is 10.6 Å². The molecule has 0 saturated carbocycles. The van der Waals surface area contributed by atoms with Crippen molar-refractivity contribution in [3.05, 3.63) is 60.7 Å². The molecule has 2 aromatic carbocycles. The van der Waals surface area contributed by atoms with Crippen LogP contribution in [0, 0.1) is 0 Å². The summed E-state index contributed by atoms with van der Waals surface area (Å²) < 4.78 is 27.1. The number of nitrogens with zero attached hydrogens (tertiary/aromatic N) is 1. The normalized spacial score (nSPS) is 15.7. The third-order valence-electron chi connectivity index (χ3n) is 5.64. The highest BCUT2D eigenvalue weighted by Crippen LogP contribution is 2.45. The van der Waals surface area contributed by atoms with E-state index < -0.39 is 14.3 Å². The molecule has 0 aliphatic rings. The van der Waals surface area contributed by atoms with Gasteiger partial charge in [-0.25, -0.2) is 0 Å². The van der Waals surface area contributed by atoms with Crippen molar-refractivity contribution in [1.82, 2.24) is 4.90 Å². The Morgan fingerprint density at radius 1 is 0.724 bits per heavy atom. The number of hydrogen-bond acceptors (Lipinski definition) is 4. The van der Waals surface area contributed by atoms with Crippen LogP contribution in [-0.2, 0) is 9.13 Å². The Morgan fingerprint density at radius 3 is 1.48 bits per heavy atom. The Hall–Kier alpha value is -0.790. The largest absolute Gasteiger partial charge is 0.319 e. The maximum atomic E-state index is 13.6. The summed E-state index contributed by atoms with van der Waals surface area (Å²) in [5.41, 5.74) is 0. The smallest absolute Gasteiger partial charge is 0.116 e. The van der Waals surface area contributed by atoms with E-state index in [0.29, 0.717) is 24.6 Å². The molecule has 29 heavy (non-hydrogen) atoms. The molecule has 0 bridgehead atoms. The molecule has 0 saturated heterocycles. The van der Waals surface area contributed by atoms with Gasteiger partial charge in [0.1, 0.15) is 14.3 Å². The van der Waals surface area contributed by atoms with Crippen LogP contribution in [0.2, 0.25) is 0 Å². The Balaban J connectivity index is 2.07. The molecule has 2 atom stereocenters. The summed E-state index contributed by atoms with van der Waals surface area (Å²) in [4.78, 5) is 2.37. The highest BCUT2D eigenvalue weighted by molar-refractivity contribution is 7.98. The Bertz CT molecular complexity index is 749. The second kappa shape index (κ2) is 12.2. The van der Waals surface area contributed by atoms with Gasteiger partial charge in [0, 0.05) is 60.6 Å². The van der Waals surface area contributed by atoms with Gasteiger partial charge in [-0.3, -0.25) is 0 Å². The minimum Gasteiger partial charge on any atom is -0.319 e. The minimum atomic E-state index is -2.39. The van der Waals surface area contributed by atoms with Gasteiger partial charge in [-0.2, -0.15) is 11.8 Å². The van der Waals surface area contributed by atoms with Gasteiger partial charge in [0.2, 0.25) is 0 Å². The molecule has 2 rings (SSSR count). The molecule has 0 radical (unpaired) electrons. The van der Waals surface area contributed by atoms with E-state index >= 15 is 0 Å². The fraction of sp³-hybridized carbons (Fsp3) is 0.478. The van der Waals surface area contributed by atoms with Crippen molar-refractivity contribution in [2.24, 2.45) is 0 Å². The van der Waals surface area contributed by atoms with Crippen molar-refractivity contribution in [1.29, 1.82) is 0 Å². The van der Waals surface area contributed by atoms with E-state index in [1.54, 1.807) is 0 Å². The topological polar surface area (TPSA) is 37.4 Å². The maximum absolute atomic E-state index is 13.6. The monoisotopic (exact) mass is 451 g/mol. The van der Waals surface area contributed by atoms with Crippen LogP contribution >= 0.6 is 26.0 Å². The van der Waals surface area contributed by atoms with Gasteiger partial charge in [-0.05, 0) is 6.26 Å². The quantitative estimate of drug-likeness (QED) is 0.399. The van der Waals surface area contributed by atoms with Gasteiger partial charge in [0.25, 0.3) is 0 Å². The predicted octanol–water partition coefficient (Wildman–Crippen LogP) is 5.07. The molecule has 2 aromatic rings. The Kier molecular flexibility index (Phi) is 10.3. The second-order valence-electron chi connectivity index (χ2n) is 7.36. The standard InChI is InChI=1S/C23H35NO2P2S/c1-4-27(25,22-12-8-6-9-13-22)19-16-24(18-21-29-3)17-20-28(26,5-2)23-14-10-7-11-15-23/h6-15H,4-5,16-21H2,1-3H3. The zero-order valence-electron chi connectivity index (χ0n) is 18.0. The number of hydrogen-bond donors (Lipinski definition) is 0. The molecular formula is C23H35NO2P2S. The maximum Gasteiger partial charge on any atom is 0.116 e. The van der Waals surface area contributed by atoms with E-state index in [4.69, 9.17) is 0 Å². The molecule has 0 aliphatic heterocycles. The molecule has 0 N–H and O–H groups in total. The van der Waals surface area contributed by atoms with E-state index in [0.717, 1.165) is 36.0 Å². The fourth-order valence-electron chi connectivity index (χ4n) is 3.50. The Morgan fingerprint density at radius 2 is 1.14 bits per heavy atom.